The van der Waals surface area contributed by atoms with Gasteiger partial charge in [0.25, 0.3) is 5.91 Å². The zero-order chi connectivity index (χ0) is 16.1. The van der Waals surface area contributed by atoms with Gasteiger partial charge in [0.1, 0.15) is 5.82 Å². The van der Waals surface area contributed by atoms with Crippen LogP contribution in [0, 0.1) is 5.82 Å². The largest absolute Gasteiger partial charge is 0.452 e. The first-order chi connectivity index (χ1) is 10.5. The van der Waals surface area contributed by atoms with Crippen molar-refractivity contribution >= 4 is 40.8 Å². The van der Waals surface area contributed by atoms with E-state index in [1.165, 1.54) is 36.4 Å². The van der Waals surface area contributed by atoms with Gasteiger partial charge in [-0.3, -0.25) is 4.79 Å². The van der Waals surface area contributed by atoms with Gasteiger partial charge in [0.05, 0.1) is 16.3 Å². The molecule has 2 rings (SSSR count). The second-order valence-corrected chi connectivity index (χ2v) is 5.07. The molecule has 0 aliphatic carbocycles. The van der Waals surface area contributed by atoms with Gasteiger partial charge in [-0.1, -0.05) is 35.3 Å². The lowest BCUT2D eigenvalue weighted by Gasteiger charge is -2.08. The molecule has 0 unspecified atom stereocenters. The number of nitrogens with one attached hydrogen (secondary N) is 1. The van der Waals surface area contributed by atoms with E-state index in [9.17, 15) is 14.0 Å². The number of rotatable bonds is 4. The Labute approximate surface area is 135 Å². The van der Waals surface area contributed by atoms with Gasteiger partial charge in [-0.05, 0) is 30.3 Å². The molecule has 4 nitrogen and oxygen atoms in total. The molecule has 0 aliphatic rings. The van der Waals surface area contributed by atoms with Crippen molar-refractivity contribution in [3.63, 3.8) is 0 Å². The molecule has 22 heavy (non-hydrogen) atoms. The van der Waals surface area contributed by atoms with E-state index in [0.29, 0.717) is 5.02 Å². The zero-order valence-electron chi connectivity index (χ0n) is 11.1. The molecule has 0 fully saturated rings. The summed E-state index contributed by atoms with van der Waals surface area (Å²) in [4.78, 5) is 23.5. The Kier molecular flexibility index (Phi) is 5.35. The molecule has 1 amide bonds. The summed E-state index contributed by atoms with van der Waals surface area (Å²) in [6.07, 6.45) is 0. The van der Waals surface area contributed by atoms with E-state index < -0.39 is 24.3 Å². The second-order valence-electron chi connectivity index (χ2n) is 4.23. The summed E-state index contributed by atoms with van der Waals surface area (Å²) < 4.78 is 18.2. The number of carbonyl (C=O) groups is 2. The van der Waals surface area contributed by atoms with Crippen LogP contribution in [0.3, 0.4) is 0 Å². The number of para-hydroxylation sites is 1. The third-order valence-electron chi connectivity index (χ3n) is 2.63. The third kappa shape index (κ3) is 4.19. The molecule has 0 saturated carbocycles. The van der Waals surface area contributed by atoms with Crippen LogP contribution in [-0.2, 0) is 9.53 Å². The molecule has 1 N–H and O–H groups in total. The van der Waals surface area contributed by atoms with E-state index in [0.717, 1.165) is 0 Å². The van der Waals surface area contributed by atoms with E-state index in [1.807, 2.05) is 0 Å². The van der Waals surface area contributed by atoms with Crippen molar-refractivity contribution in [2.45, 2.75) is 0 Å². The number of amides is 1. The summed E-state index contributed by atoms with van der Waals surface area (Å²) in [5.41, 5.74) is 0.0530. The normalized spacial score (nSPS) is 10.1. The summed E-state index contributed by atoms with van der Waals surface area (Å²) in [7, 11) is 0. The van der Waals surface area contributed by atoms with Crippen molar-refractivity contribution in [3.8, 4) is 0 Å². The number of ether oxygens (including phenoxy) is 1. The first kappa shape index (κ1) is 16.3. The van der Waals surface area contributed by atoms with Crippen molar-refractivity contribution < 1.29 is 18.7 Å². The maximum Gasteiger partial charge on any atom is 0.340 e. The summed E-state index contributed by atoms with van der Waals surface area (Å²) in [5.74, 6) is -2.05. The van der Waals surface area contributed by atoms with Crippen LogP contribution in [0.1, 0.15) is 10.4 Å². The standard InChI is InChI=1S/C15H10Cl2FNO3/c16-9-5-6-11(17)10(7-9)15(21)22-8-14(20)19-13-4-2-1-3-12(13)18/h1-7H,8H2,(H,19,20). The van der Waals surface area contributed by atoms with Crippen molar-refractivity contribution in [2.75, 3.05) is 11.9 Å². The molecule has 0 atom stereocenters. The minimum Gasteiger partial charge on any atom is -0.452 e. The van der Waals surface area contributed by atoms with Crippen LogP contribution < -0.4 is 5.32 Å². The van der Waals surface area contributed by atoms with Gasteiger partial charge < -0.3 is 10.1 Å². The van der Waals surface area contributed by atoms with E-state index >= 15 is 0 Å². The zero-order valence-corrected chi connectivity index (χ0v) is 12.6. The van der Waals surface area contributed by atoms with Gasteiger partial charge in [0.15, 0.2) is 6.61 Å². The quantitative estimate of drug-likeness (QED) is 0.857. The molecular formula is C15H10Cl2FNO3. The Hall–Kier alpha value is -2.11. The van der Waals surface area contributed by atoms with E-state index in [-0.39, 0.29) is 16.3 Å². The smallest absolute Gasteiger partial charge is 0.340 e. The highest BCUT2D eigenvalue weighted by molar-refractivity contribution is 6.35. The first-order valence-electron chi connectivity index (χ1n) is 6.14. The van der Waals surface area contributed by atoms with Crippen molar-refractivity contribution in [3.05, 3.63) is 63.9 Å². The Morgan fingerprint density at radius 1 is 1.14 bits per heavy atom. The third-order valence-corrected chi connectivity index (χ3v) is 3.20. The Balaban J connectivity index is 1.95. The van der Waals surface area contributed by atoms with E-state index in [4.69, 9.17) is 27.9 Å². The van der Waals surface area contributed by atoms with E-state index in [2.05, 4.69) is 5.32 Å². The molecule has 0 aromatic heterocycles. The monoisotopic (exact) mass is 341 g/mol. The highest BCUT2D eigenvalue weighted by Crippen LogP contribution is 2.21. The lowest BCUT2D eigenvalue weighted by atomic mass is 10.2. The number of halogens is 3. The van der Waals surface area contributed by atoms with Gasteiger partial charge >= 0.3 is 5.97 Å². The molecule has 0 bridgehead atoms. The molecule has 7 heteroatoms. The fourth-order valence-electron chi connectivity index (χ4n) is 1.61. The van der Waals surface area contributed by atoms with Gasteiger partial charge in [-0.15, -0.1) is 0 Å². The maximum atomic E-state index is 13.4. The molecule has 0 radical (unpaired) electrons. The molecule has 2 aromatic carbocycles. The molecule has 0 aliphatic heterocycles. The molecule has 114 valence electrons. The first-order valence-corrected chi connectivity index (χ1v) is 6.89. The average Bonchev–Trinajstić information content (AvgIpc) is 2.49. The lowest BCUT2D eigenvalue weighted by molar-refractivity contribution is -0.119. The number of hydrogen-bond acceptors (Lipinski definition) is 3. The summed E-state index contributed by atoms with van der Waals surface area (Å²) in [6.45, 7) is -0.573. The summed E-state index contributed by atoms with van der Waals surface area (Å²) in [5, 5.41) is 2.76. The lowest BCUT2D eigenvalue weighted by Crippen LogP contribution is -2.21. The van der Waals surface area contributed by atoms with Crippen LogP contribution >= 0.6 is 23.2 Å². The minimum absolute atomic E-state index is 0.00402. The van der Waals surface area contributed by atoms with Crippen LogP contribution in [0.15, 0.2) is 42.5 Å². The average molecular weight is 342 g/mol. The van der Waals surface area contributed by atoms with Crippen molar-refractivity contribution in [1.82, 2.24) is 0 Å². The topological polar surface area (TPSA) is 55.4 Å². The predicted octanol–water partition coefficient (Wildman–Crippen LogP) is 3.93. The fourth-order valence-corrected chi connectivity index (χ4v) is 1.98. The van der Waals surface area contributed by atoms with Crippen LogP contribution in [0.2, 0.25) is 10.0 Å². The van der Waals surface area contributed by atoms with Crippen LogP contribution in [0.5, 0.6) is 0 Å². The highest BCUT2D eigenvalue weighted by Gasteiger charge is 2.15. The fraction of sp³-hybridized carbons (Fsp3) is 0.0667. The SMILES string of the molecule is O=C(COC(=O)c1cc(Cl)ccc1Cl)Nc1ccccc1F. The minimum atomic E-state index is -0.795. The second kappa shape index (κ2) is 7.24. The number of esters is 1. The number of hydrogen-bond donors (Lipinski definition) is 1. The summed E-state index contributed by atoms with van der Waals surface area (Å²) >= 11 is 11.6. The number of anilines is 1. The molecule has 0 saturated heterocycles. The Morgan fingerprint density at radius 3 is 2.59 bits per heavy atom. The molecular weight excluding hydrogens is 332 g/mol. The highest BCUT2D eigenvalue weighted by atomic mass is 35.5. The Bertz CT molecular complexity index is 722. The van der Waals surface area contributed by atoms with Gasteiger partial charge in [-0.2, -0.15) is 0 Å². The van der Waals surface area contributed by atoms with Crippen molar-refractivity contribution in [2.24, 2.45) is 0 Å². The summed E-state index contributed by atoms with van der Waals surface area (Å²) in [6, 6.07) is 9.95. The maximum absolute atomic E-state index is 13.4. The molecule has 0 heterocycles. The van der Waals surface area contributed by atoms with Gasteiger partial charge in [0.2, 0.25) is 0 Å². The van der Waals surface area contributed by atoms with E-state index in [1.54, 1.807) is 6.07 Å². The van der Waals surface area contributed by atoms with Crippen molar-refractivity contribution in [1.29, 1.82) is 0 Å². The number of carbonyl (C=O) groups excluding carboxylic acids is 2. The van der Waals surface area contributed by atoms with Crippen LogP contribution in [0.4, 0.5) is 10.1 Å². The number of benzene rings is 2. The Morgan fingerprint density at radius 2 is 1.86 bits per heavy atom. The predicted molar refractivity (Wildman–Crippen MR) is 81.8 cm³/mol. The molecule has 2 aromatic rings. The van der Waals surface area contributed by atoms with Gasteiger partial charge in [-0.25, -0.2) is 9.18 Å². The molecule has 0 spiro atoms. The van der Waals surface area contributed by atoms with Gasteiger partial charge in [0, 0.05) is 5.02 Å². The van der Waals surface area contributed by atoms with Crippen LogP contribution in [-0.4, -0.2) is 18.5 Å². The van der Waals surface area contributed by atoms with Crippen LogP contribution in [0.25, 0.3) is 0 Å².